The molecule has 0 atom stereocenters. The van der Waals surface area contributed by atoms with Crippen molar-refractivity contribution < 1.29 is 18.7 Å². The molecule has 0 fully saturated rings. The quantitative estimate of drug-likeness (QED) is 0.693. The van der Waals surface area contributed by atoms with Crippen molar-refractivity contribution in [3.05, 3.63) is 56.7 Å². The van der Waals surface area contributed by atoms with Gasteiger partial charge in [-0.2, -0.15) is 0 Å². The van der Waals surface area contributed by atoms with Crippen molar-refractivity contribution in [3.8, 4) is 0 Å². The monoisotopic (exact) mass is 362 g/mol. The first-order valence-electron chi connectivity index (χ1n) is 7.06. The maximum atomic E-state index is 12.2. The summed E-state index contributed by atoms with van der Waals surface area (Å²) in [4.78, 5) is 28.9. The van der Waals surface area contributed by atoms with E-state index >= 15 is 0 Å². The zero-order valence-corrected chi connectivity index (χ0v) is 14.6. The molecule has 0 aromatic carbocycles. The lowest BCUT2D eigenvalue weighted by molar-refractivity contribution is 0.0477. The number of thiophene rings is 1. The Hall–Kier alpha value is -2.45. The van der Waals surface area contributed by atoms with Crippen molar-refractivity contribution >= 4 is 39.6 Å². The van der Waals surface area contributed by atoms with Crippen LogP contribution in [-0.4, -0.2) is 16.9 Å². The number of carbonyl (C=O) groups is 2. The van der Waals surface area contributed by atoms with E-state index in [1.165, 1.54) is 28.9 Å². The van der Waals surface area contributed by atoms with E-state index < -0.39 is 5.97 Å². The van der Waals surface area contributed by atoms with Crippen molar-refractivity contribution in [1.29, 1.82) is 0 Å². The Bertz CT molecular complexity index is 865. The van der Waals surface area contributed by atoms with Gasteiger partial charge in [0.25, 0.3) is 5.91 Å². The van der Waals surface area contributed by atoms with Crippen LogP contribution in [0.5, 0.6) is 0 Å². The SMILES string of the molecule is Cc1csc(COC(=O)c2sc(NC(=O)c3ccco3)cc2C)n1. The van der Waals surface area contributed by atoms with Crippen LogP contribution in [0.1, 0.15) is 36.5 Å². The molecule has 0 radical (unpaired) electrons. The van der Waals surface area contributed by atoms with Crippen LogP contribution < -0.4 is 5.32 Å². The van der Waals surface area contributed by atoms with E-state index in [2.05, 4.69) is 10.3 Å². The number of nitrogens with one attached hydrogen (secondary N) is 1. The highest BCUT2D eigenvalue weighted by Gasteiger charge is 2.18. The molecular formula is C16H14N2O4S2. The van der Waals surface area contributed by atoms with Gasteiger partial charge < -0.3 is 14.5 Å². The molecule has 0 aliphatic rings. The summed E-state index contributed by atoms with van der Waals surface area (Å²) in [6, 6.07) is 4.94. The lowest BCUT2D eigenvalue weighted by atomic mass is 10.3. The van der Waals surface area contributed by atoms with Crippen molar-refractivity contribution in [1.82, 2.24) is 4.98 Å². The molecule has 3 aromatic heterocycles. The van der Waals surface area contributed by atoms with Gasteiger partial charge in [-0.1, -0.05) is 0 Å². The largest absolute Gasteiger partial charge is 0.459 e. The van der Waals surface area contributed by atoms with Crippen molar-refractivity contribution in [3.63, 3.8) is 0 Å². The first-order chi connectivity index (χ1) is 11.5. The second-order valence-electron chi connectivity index (χ2n) is 5.01. The Labute approximate surface area is 146 Å². The van der Waals surface area contributed by atoms with Crippen LogP contribution in [0.3, 0.4) is 0 Å². The molecule has 1 N–H and O–H groups in total. The number of furan rings is 1. The normalized spacial score (nSPS) is 10.6. The highest BCUT2D eigenvalue weighted by molar-refractivity contribution is 7.18. The van der Waals surface area contributed by atoms with Gasteiger partial charge in [-0.3, -0.25) is 4.79 Å². The van der Waals surface area contributed by atoms with Crippen LogP contribution in [0.15, 0.2) is 34.3 Å². The number of ether oxygens (including phenoxy) is 1. The molecule has 0 unspecified atom stereocenters. The molecule has 6 nitrogen and oxygen atoms in total. The number of hydrogen-bond acceptors (Lipinski definition) is 7. The molecule has 124 valence electrons. The Morgan fingerprint density at radius 2 is 2.21 bits per heavy atom. The molecule has 0 aliphatic heterocycles. The smallest absolute Gasteiger partial charge is 0.349 e. The number of esters is 1. The minimum absolute atomic E-state index is 0.142. The fourth-order valence-electron chi connectivity index (χ4n) is 1.99. The summed E-state index contributed by atoms with van der Waals surface area (Å²) in [6.45, 7) is 3.82. The molecular weight excluding hydrogens is 348 g/mol. The Balaban J connectivity index is 1.64. The molecule has 0 saturated heterocycles. The van der Waals surface area contributed by atoms with E-state index in [0.717, 1.165) is 16.3 Å². The summed E-state index contributed by atoms with van der Waals surface area (Å²) < 4.78 is 10.3. The zero-order chi connectivity index (χ0) is 17.1. The van der Waals surface area contributed by atoms with Crippen LogP contribution in [0, 0.1) is 13.8 Å². The average Bonchev–Trinajstić information content (AvgIpc) is 3.26. The molecule has 3 heterocycles. The highest BCUT2D eigenvalue weighted by Crippen LogP contribution is 2.28. The molecule has 8 heteroatoms. The molecule has 3 rings (SSSR count). The van der Waals surface area contributed by atoms with Crippen molar-refractivity contribution in [2.45, 2.75) is 20.5 Å². The number of aryl methyl sites for hydroxylation is 2. The number of carbonyl (C=O) groups excluding carboxylic acids is 2. The minimum Gasteiger partial charge on any atom is -0.459 e. The van der Waals surface area contributed by atoms with Crippen molar-refractivity contribution in [2.75, 3.05) is 5.32 Å². The summed E-state index contributed by atoms with van der Waals surface area (Å²) in [7, 11) is 0. The molecule has 3 aromatic rings. The second-order valence-corrected chi connectivity index (χ2v) is 7.01. The van der Waals surface area contributed by atoms with Gasteiger partial charge in [0.15, 0.2) is 5.76 Å². The zero-order valence-electron chi connectivity index (χ0n) is 13.0. The van der Waals surface area contributed by atoms with Gasteiger partial charge in [0, 0.05) is 11.1 Å². The van der Waals surface area contributed by atoms with Gasteiger partial charge in [0.05, 0.1) is 11.3 Å². The number of amides is 1. The number of nitrogens with zero attached hydrogens (tertiary/aromatic N) is 1. The molecule has 0 saturated carbocycles. The third kappa shape index (κ3) is 3.72. The van der Waals surface area contributed by atoms with Crippen molar-refractivity contribution in [2.24, 2.45) is 0 Å². The summed E-state index contributed by atoms with van der Waals surface area (Å²) in [5, 5.41) is 5.92. The third-order valence-corrected chi connectivity index (χ3v) is 5.15. The fourth-order valence-corrected chi connectivity index (χ4v) is 3.63. The van der Waals surface area contributed by atoms with Gasteiger partial charge in [0.1, 0.15) is 16.5 Å². The lowest BCUT2D eigenvalue weighted by Gasteiger charge is -2.01. The van der Waals surface area contributed by atoms with Crippen LogP contribution in [0.25, 0.3) is 0 Å². The Morgan fingerprint density at radius 3 is 2.88 bits per heavy atom. The highest BCUT2D eigenvalue weighted by atomic mass is 32.1. The molecule has 0 spiro atoms. The second kappa shape index (κ2) is 6.98. The minimum atomic E-state index is -0.427. The standard InChI is InChI=1S/C16H14N2O4S2/c1-9-6-12(18-15(19)11-4-3-5-21-11)24-14(9)16(20)22-7-13-17-10(2)8-23-13/h3-6,8H,7H2,1-2H3,(H,18,19). The van der Waals surface area contributed by atoms with E-state index in [4.69, 9.17) is 9.15 Å². The van der Waals surface area contributed by atoms with Gasteiger partial charge in [-0.25, -0.2) is 9.78 Å². The predicted octanol–water partition coefficient (Wildman–Crippen LogP) is 4.02. The van der Waals surface area contributed by atoms with Crippen LogP contribution in [0.2, 0.25) is 0 Å². The maximum Gasteiger partial charge on any atom is 0.349 e. The average molecular weight is 362 g/mol. The van der Waals surface area contributed by atoms with Crippen LogP contribution in [-0.2, 0) is 11.3 Å². The number of thiazole rings is 1. The summed E-state index contributed by atoms with van der Waals surface area (Å²) in [6.07, 6.45) is 1.43. The molecule has 0 aliphatic carbocycles. The van der Waals surface area contributed by atoms with Gasteiger partial charge in [-0.15, -0.1) is 22.7 Å². The molecule has 24 heavy (non-hydrogen) atoms. The van der Waals surface area contributed by atoms with Gasteiger partial charge in [-0.05, 0) is 37.6 Å². The van der Waals surface area contributed by atoms with Crippen LogP contribution in [0.4, 0.5) is 5.00 Å². The number of anilines is 1. The summed E-state index contributed by atoms with van der Waals surface area (Å²) in [5.41, 5.74) is 1.65. The van der Waals surface area contributed by atoms with Gasteiger partial charge in [0.2, 0.25) is 0 Å². The molecule has 0 bridgehead atoms. The lowest BCUT2D eigenvalue weighted by Crippen LogP contribution is -2.09. The fraction of sp³-hybridized carbons (Fsp3) is 0.188. The van der Waals surface area contributed by atoms with Crippen LogP contribution >= 0.6 is 22.7 Å². The van der Waals surface area contributed by atoms with E-state index in [0.29, 0.717) is 9.88 Å². The predicted molar refractivity (Wildman–Crippen MR) is 91.7 cm³/mol. The Kier molecular flexibility index (Phi) is 4.77. The Morgan fingerprint density at radius 1 is 1.38 bits per heavy atom. The third-order valence-electron chi connectivity index (χ3n) is 3.08. The van der Waals surface area contributed by atoms with Gasteiger partial charge >= 0.3 is 5.97 Å². The number of rotatable bonds is 5. The van der Waals surface area contributed by atoms with E-state index in [-0.39, 0.29) is 18.3 Å². The van der Waals surface area contributed by atoms with E-state index in [1.807, 2.05) is 12.3 Å². The van der Waals surface area contributed by atoms with E-state index in [1.54, 1.807) is 25.1 Å². The first-order valence-corrected chi connectivity index (χ1v) is 8.76. The first kappa shape index (κ1) is 16.4. The molecule has 1 amide bonds. The summed E-state index contributed by atoms with van der Waals surface area (Å²) in [5.74, 6) is -0.576. The number of aromatic nitrogens is 1. The summed E-state index contributed by atoms with van der Waals surface area (Å²) >= 11 is 2.62. The number of hydrogen-bond donors (Lipinski definition) is 1. The topological polar surface area (TPSA) is 81.4 Å². The maximum absolute atomic E-state index is 12.2. The van der Waals surface area contributed by atoms with E-state index in [9.17, 15) is 9.59 Å².